The molecule has 0 aromatic heterocycles. The highest BCUT2D eigenvalue weighted by atomic mass is 32.2. The molecule has 1 N–H and O–H groups in total. The number of benzene rings is 2. The van der Waals surface area contributed by atoms with E-state index in [0.717, 1.165) is 17.4 Å². The number of nitrogens with one attached hydrogen (secondary N) is 1. The summed E-state index contributed by atoms with van der Waals surface area (Å²) >= 11 is 0. The lowest BCUT2D eigenvalue weighted by atomic mass is 10.1. The standard InChI is InChI=1S/C19H23FN2O3S/c1-15-5-3-6-16(13-15)14-21-19(23)7-4-12-22(26(2,24)25)18-10-8-17(20)9-11-18/h3,5-6,8-11,13H,4,7,12,14H2,1-2H3,(H,21,23). The van der Waals surface area contributed by atoms with Crippen molar-refractivity contribution in [3.8, 4) is 0 Å². The minimum Gasteiger partial charge on any atom is -0.352 e. The van der Waals surface area contributed by atoms with Gasteiger partial charge in [0.15, 0.2) is 0 Å². The summed E-state index contributed by atoms with van der Waals surface area (Å²) < 4.78 is 38.1. The van der Waals surface area contributed by atoms with E-state index in [0.29, 0.717) is 18.7 Å². The fraction of sp³-hybridized carbons (Fsp3) is 0.316. The molecule has 7 heteroatoms. The summed E-state index contributed by atoms with van der Waals surface area (Å²) in [6.07, 6.45) is 1.66. The van der Waals surface area contributed by atoms with E-state index in [1.807, 2.05) is 31.2 Å². The number of anilines is 1. The quantitative estimate of drug-likeness (QED) is 0.768. The minimum atomic E-state index is -3.51. The predicted molar refractivity (Wildman–Crippen MR) is 101 cm³/mol. The second-order valence-electron chi connectivity index (χ2n) is 6.18. The van der Waals surface area contributed by atoms with Crippen LogP contribution < -0.4 is 9.62 Å². The van der Waals surface area contributed by atoms with E-state index in [4.69, 9.17) is 0 Å². The number of nitrogens with zero attached hydrogens (tertiary/aromatic N) is 1. The molecule has 140 valence electrons. The van der Waals surface area contributed by atoms with Gasteiger partial charge in [-0.2, -0.15) is 0 Å². The molecular weight excluding hydrogens is 355 g/mol. The van der Waals surface area contributed by atoms with E-state index in [2.05, 4.69) is 5.32 Å². The van der Waals surface area contributed by atoms with Crippen molar-refractivity contribution in [2.24, 2.45) is 0 Å². The fourth-order valence-corrected chi connectivity index (χ4v) is 3.55. The first-order chi connectivity index (χ1) is 12.3. The molecule has 2 aromatic rings. The van der Waals surface area contributed by atoms with E-state index < -0.39 is 15.8 Å². The summed E-state index contributed by atoms with van der Waals surface area (Å²) in [4.78, 5) is 12.0. The van der Waals surface area contributed by atoms with Crippen LogP contribution in [0.1, 0.15) is 24.0 Å². The molecule has 0 fully saturated rings. The van der Waals surface area contributed by atoms with Crippen molar-refractivity contribution in [1.82, 2.24) is 5.32 Å². The largest absolute Gasteiger partial charge is 0.352 e. The maximum Gasteiger partial charge on any atom is 0.232 e. The Kier molecular flexibility index (Phi) is 6.74. The highest BCUT2D eigenvalue weighted by Crippen LogP contribution is 2.18. The second-order valence-corrected chi connectivity index (χ2v) is 8.09. The van der Waals surface area contributed by atoms with Gasteiger partial charge in [0, 0.05) is 19.5 Å². The van der Waals surface area contributed by atoms with Gasteiger partial charge in [-0.15, -0.1) is 0 Å². The first-order valence-electron chi connectivity index (χ1n) is 8.31. The second kappa shape index (κ2) is 8.80. The maximum atomic E-state index is 13.0. The van der Waals surface area contributed by atoms with Crippen LogP contribution in [0.15, 0.2) is 48.5 Å². The number of carbonyl (C=O) groups is 1. The third-order valence-corrected chi connectivity index (χ3v) is 5.05. The summed E-state index contributed by atoms with van der Waals surface area (Å²) in [5.74, 6) is -0.572. The van der Waals surface area contributed by atoms with Crippen LogP contribution in [0.5, 0.6) is 0 Å². The summed E-state index contributed by atoms with van der Waals surface area (Å²) in [5.41, 5.74) is 2.52. The number of sulfonamides is 1. The molecule has 0 saturated heterocycles. The van der Waals surface area contributed by atoms with Gasteiger partial charge in [-0.25, -0.2) is 12.8 Å². The van der Waals surface area contributed by atoms with Gasteiger partial charge in [0.05, 0.1) is 11.9 Å². The third kappa shape index (κ3) is 6.15. The number of hydrogen-bond donors (Lipinski definition) is 1. The molecule has 5 nitrogen and oxygen atoms in total. The molecule has 2 aromatic carbocycles. The van der Waals surface area contributed by atoms with E-state index in [1.165, 1.54) is 28.6 Å². The maximum absolute atomic E-state index is 13.0. The van der Waals surface area contributed by atoms with E-state index in [1.54, 1.807) is 0 Å². The Labute approximate surface area is 153 Å². The average Bonchev–Trinajstić information content (AvgIpc) is 2.57. The Hall–Kier alpha value is -2.41. The Morgan fingerprint density at radius 1 is 1.15 bits per heavy atom. The van der Waals surface area contributed by atoms with Gasteiger partial charge in [0.25, 0.3) is 0 Å². The zero-order valence-corrected chi connectivity index (χ0v) is 15.7. The van der Waals surface area contributed by atoms with Crippen molar-refractivity contribution < 1.29 is 17.6 Å². The molecule has 26 heavy (non-hydrogen) atoms. The Balaban J connectivity index is 1.87. The first-order valence-corrected chi connectivity index (χ1v) is 10.2. The molecule has 1 amide bonds. The smallest absolute Gasteiger partial charge is 0.232 e. The molecule has 0 radical (unpaired) electrons. The Morgan fingerprint density at radius 2 is 1.85 bits per heavy atom. The lowest BCUT2D eigenvalue weighted by Gasteiger charge is -2.22. The van der Waals surface area contributed by atoms with Gasteiger partial charge in [0.2, 0.25) is 15.9 Å². The molecule has 0 unspecified atom stereocenters. The molecule has 0 bridgehead atoms. The van der Waals surface area contributed by atoms with Crippen LogP contribution in [0.25, 0.3) is 0 Å². The van der Waals surface area contributed by atoms with Gasteiger partial charge >= 0.3 is 0 Å². The van der Waals surface area contributed by atoms with Crippen molar-refractivity contribution in [3.63, 3.8) is 0 Å². The van der Waals surface area contributed by atoms with Crippen molar-refractivity contribution in [1.29, 1.82) is 0 Å². The van der Waals surface area contributed by atoms with E-state index in [-0.39, 0.29) is 18.9 Å². The molecule has 0 heterocycles. The predicted octanol–water partition coefficient (Wildman–Crippen LogP) is 3.00. The van der Waals surface area contributed by atoms with Crippen molar-refractivity contribution in [2.45, 2.75) is 26.3 Å². The van der Waals surface area contributed by atoms with Crippen LogP contribution in [0, 0.1) is 12.7 Å². The lowest BCUT2D eigenvalue weighted by Crippen LogP contribution is -2.32. The average molecular weight is 378 g/mol. The normalized spacial score (nSPS) is 11.2. The topological polar surface area (TPSA) is 66.5 Å². The molecule has 0 spiro atoms. The monoisotopic (exact) mass is 378 g/mol. The van der Waals surface area contributed by atoms with Gasteiger partial charge in [0.1, 0.15) is 5.82 Å². The fourth-order valence-electron chi connectivity index (χ4n) is 2.59. The summed E-state index contributed by atoms with van der Waals surface area (Å²) in [6.45, 7) is 2.58. The van der Waals surface area contributed by atoms with Crippen LogP contribution in [-0.2, 0) is 21.4 Å². The summed E-state index contributed by atoms with van der Waals surface area (Å²) in [5, 5.41) is 2.83. The molecule has 0 aliphatic heterocycles. The van der Waals surface area contributed by atoms with Gasteiger partial charge in [-0.1, -0.05) is 29.8 Å². The molecule has 2 rings (SSSR count). The number of rotatable bonds is 8. The van der Waals surface area contributed by atoms with Crippen LogP contribution in [0.2, 0.25) is 0 Å². The number of hydrogen-bond acceptors (Lipinski definition) is 3. The number of halogens is 1. The molecular formula is C19H23FN2O3S. The zero-order valence-electron chi connectivity index (χ0n) is 14.9. The Bertz CT molecular complexity index is 851. The SMILES string of the molecule is Cc1cccc(CNC(=O)CCCN(c2ccc(F)cc2)S(C)(=O)=O)c1. The number of aryl methyl sites for hydroxylation is 1. The van der Waals surface area contributed by atoms with E-state index in [9.17, 15) is 17.6 Å². The van der Waals surface area contributed by atoms with E-state index >= 15 is 0 Å². The van der Waals surface area contributed by atoms with Crippen LogP contribution in [0.3, 0.4) is 0 Å². The summed E-state index contributed by atoms with van der Waals surface area (Å²) in [6, 6.07) is 13.1. The molecule has 0 atom stereocenters. The van der Waals surface area contributed by atoms with Crippen molar-refractivity contribution >= 4 is 21.6 Å². The third-order valence-electron chi connectivity index (χ3n) is 3.85. The van der Waals surface area contributed by atoms with Crippen molar-refractivity contribution in [3.05, 3.63) is 65.5 Å². The van der Waals surface area contributed by atoms with Gasteiger partial charge < -0.3 is 5.32 Å². The van der Waals surface area contributed by atoms with Gasteiger partial charge in [-0.3, -0.25) is 9.10 Å². The van der Waals surface area contributed by atoms with Gasteiger partial charge in [-0.05, 0) is 43.2 Å². The minimum absolute atomic E-state index is 0.140. The Morgan fingerprint density at radius 3 is 2.46 bits per heavy atom. The first kappa shape index (κ1) is 19.9. The molecule has 0 aliphatic rings. The molecule has 0 saturated carbocycles. The number of carbonyl (C=O) groups excluding carboxylic acids is 1. The lowest BCUT2D eigenvalue weighted by molar-refractivity contribution is -0.121. The van der Waals surface area contributed by atoms with Crippen LogP contribution >= 0.6 is 0 Å². The highest BCUT2D eigenvalue weighted by molar-refractivity contribution is 7.92. The zero-order chi connectivity index (χ0) is 19.2. The van der Waals surface area contributed by atoms with Crippen LogP contribution in [-0.4, -0.2) is 27.1 Å². The number of amides is 1. The summed E-state index contributed by atoms with van der Waals surface area (Å²) in [7, 11) is -3.51. The molecule has 0 aliphatic carbocycles. The van der Waals surface area contributed by atoms with Crippen LogP contribution in [0.4, 0.5) is 10.1 Å². The highest BCUT2D eigenvalue weighted by Gasteiger charge is 2.17. The van der Waals surface area contributed by atoms with Crippen molar-refractivity contribution in [2.75, 3.05) is 17.1 Å².